The van der Waals surface area contributed by atoms with Crippen molar-refractivity contribution in [2.75, 3.05) is 19.7 Å². The molecule has 130 valence electrons. The number of aryl methyl sites for hydroxylation is 1. The molecule has 1 N–H and O–H groups in total. The van der Waals surface area contributed by atoms with E-state index in [9.17, 15) is 5.11 Å². The first-order chi connectivity index (χ1) is 12.2. The Morgan fingerprint density at radius 1 is 1.28 bits per heavy atom. The van der Waals surface area contributed by atoms with Gasteiger partial charge >= 0.3 is 0 Å². The number of rotatable bonds is 5. The second kappa shape index (κ2) is 6.78. The second-order valence-electron chi connectivity index (χ2n) is 6.55. The fraction of sp³-hybridized carbons (Fsp3) is 0.389. The Morgan fingerprint density at radius 2 is 2.20 bits per heavy atom. The van der Waals surface area contributed by atoms with Gasteiger partial charge < -0.3 is 14.2 Å². The summed E-state index contributed by atoms with van der Waals surface area (Å²) in [5.41, 5.74) is 2.08. The first-order valence-corrected chi connectivity index (χ1v) is 8.42. The van der Waals surface area contributed by atoms with Crippen molar-refractivity contribution in [3.05, 3.63) is 54.4 Å². The van der Waals surface area contributed by atoms with Crippen LogP contribution in [0.2, 0.25) is 0 Å². The van der Waals surface area contributed by atoms with Gasteiger partial charge in [-0.2, -0.15) is 4.98 Å². The minimum atomic E-state index is 0.0446. The van der Waals surface area contributed by atoms with Gasteiger partial charge in [0.2, 0.25) is 11.7 Å². The third kappa shape index (κ3) is 3.20. The van der Waals surface area contributed by atoms with Gasteiger partial charge in [-0.3, -0.25) is 9.88 Å². The third-order valence-corrected chi connectivity index (χ3v) is 4.87. The Balaban J connectivity index is 1.51. The average Bonchev–Trinajstić information content (AvgIpc) is 3.36. The lowest BCUT2D eigenvalue weighted by Crippen LogP contribution is -2.22. The van der Waals surface area contributed by atoms with Crippen LogP contribution < -0.4 is 0 Å². The molecular formula is C18H21N5O2. The second-order valence-corrected chi connectivity index (χ2v) is 6.55. The highest BCUT2D eigenvalue weighted by atomic mass is 16.5. The fourth-order valence-corrected chi connectivity index (χ4v) is 3.44. The predicted octanol–water partition coefficient (Wildman–Crippen LogP) is 1.68. The molecule has 1 saturated heterocycles. The van der Waals surface area contributed by atoms with Gasteiger partial charge in [0, 0.05) is 69.1 Å². The summed E-state index contributed by atoms with van der Waals surface area (Å²) in [5.74, 6) is 1.28. The first kappa shape index (κ1) is 16.0. The molecule has 1 fully saturated rings. The minimum absolute atomic E-state index is 0.0446. The molecule has 7 nitrogen and oxygen atoms in total. The Kier molecular flexibility index (Phi) is 4.33. The van der Waals surface area contributed by atoms with E-state index in [-0.39, 0.29) is 18.4 Å². The molecule has 0 saturated carbocycles. The van der Waals surface area contributed by atoms with Crippen molar-refractivity contribution in [2.45, 2.75) is 12.5 Å². The van der Waals surface area contributed by atoms with E-state index in [1.165, 1.54) is 5.69 Å². The number of aliphatic hydroxyl groups excluding tert-OH is 1. The normalized spacial score (nSPS) is 21.0. The van der Waals surface area contributed by atoms with Crippen molar-refractivity contribution in [1.29, 1.82) is 0 Å². The standard InChI is InChI=1S/C18H21N5O2/c1-22-7-3-5-15(22)10-23-9-14(12-24)16(11-23)18-20-17(21-25-18)13-4-2-6-19-8-13/h2-8,14,16,24H,9-12H2,1H3/t14-,16+/m0/s1. The molecule has 0 radical (unpaired) electrons. The van der Waals surface area contributed by atoms with Crippen LogP contribution in [0.3, 0.4) is 0 Å². The van der Waals surface area contributed by atoms with E-state index < -0.39 is 0 Å². The zero-order valence-corrected chi connectivity index (χ0v) is 14.1. The molecule has 0 unspecified atom stereocenters. The fourth-order valence-electron chi connectivity index (χ4n) is 3.44. The van der Waals surface area contributed by atoms with Gasteiger partial charge in [0.15, 0.2) is 0 Å². The topological polar surface area (TPSA) is 80.2 Å². The van der Waals surface area contributed by atoms with Crippen molar-refractivity contribution in [2.24, 2.45) is 13.0 Å². The summed E-state index contributed by atoms with van der Waals surface area (Å²) in [4.78, 5) is 11.0. The molecule has 0 bridgehead atoms. The Hall–Kier alpha value is -2.51. The van der Waals surface area contributed by atoms with E-state index in [1.54, 1.807) is 12.4 Å². The van der Waals surface area contributed by atoms with Gasteiger partial charge in [0.1, 0.15) is 0 Å². The largest absolute Gasteiger partial charge is 0.396 e. The average molecular weight is 339 g/mol. The molecule has 2 atom stereocenters. The molecule has 3 aromatic rings. The molecule has 1 aliphatic rings. The monoisotopic (exact) mass is 339 g/mol. The maximum Gasteiger partial charge on any atom is 0.231 e. The highest BCUT2D eigenvalue weighted by molar-refractivity contribution is 5.51. The van der Waals surface area contributed by atoms with Gasteiger partial charge in [-0.1, -0.05) is 5.16 Å². The quantitative estimate of drug-likeness (QED) is 0.762. The molecule has 0 spiro atoms. The first-order valence-electron chi connectivity index (χ1n) is 8.42. The molecule has 0 amide bonds. The van der Waals surface area contributed by atoms with Crippen LogP contribution in [-0.2, 0) is 13.6 Å². The maximum atomic E-state index is 9.79. The molecule has 0 aromatic carbocycles. The van der Waals surface area contributed by atoms with Crippen LogP contribution in [0.4, 0.5) is 0 Å². The van der Waals surface area contributed by atoms with Crippen LogP contribution in [0.15, 0.2) is 47.4 Å². The van der Waals surface area contributed by atoms with Crippen molar-refractivity contribution in [3.8, 4) is 11.4 Å². The van der Waals surface area contributed by atoms with Gasteiger partial charge in [0.25, 0.3) is 0 Å². The summed E-state index contributed by atoms with van der Waals surface area (Å²) < 4.78 is 7.63. The smallest absolute Gasteiger partial charge is 0.231 e. The van der Waals surface area contributed by atoms with Gasteiger partial charge in [-0.05, 0) is 24.3 Å². The van der Waals surface area contributed by atoms with Crippen LogP contribution in [0.25, 0.3) is 11.4 Å². The van der Waals surface area contributed by atoms with Crippen LogP contribution in [0.1, 0.15) is 17.5 Å². The van der Waals surface area contributed by atoms with E-state index in [0.29, 0.717) is 11.7 Å². The predicted molar refractivity (Wildman–Crippen MR) is 91.5 cm³/mol. The highest BCUT2D eigenvalue weighted by Gasteiger charge is 2.37. The summed E-state index contributed by atoms with van der Waals surface area (Å²) in [6.45, 7) is 2.57. The van der Waals surface area contributed by atoms with Crippen LogP contribution >= 0.6 is 0 Å². The van der Waals surface area contributed by atoms with Crippen molar-refractivity contribution in [1.82, 2.24) is 24.6 Å². The highest BCUT2D eigenvalue weighted by Crippen LogP contribution is 2.33. The SMILES string of the molecule is Cn1cccc1CN1C[C@@H](CO)[C@H](c2nc(-c3cccnc3)no2)C1. The van der Waals surface area contributed by atoms with E-state index >= 15 is 0 Å². The summed E-state index contributed by atoms with van der Waals surface area (Å²) in [5, 5.41) is 13.9. The van der Waals surface area contributed by atoms with Gasteiger partial charge in [0.05, 0.1) is 5.92 Å². The van der Waals surface area contributed by atoms with Crippen molar-refractivity contribution >= 4 is 0 Å². The summed E-state index contributed by atoms with van der Waals surface area (Å²) in [6, 6.07) is 7.92. The molecule has 1 aliphatic heterocycles. The van der Waals surface area contributed by atoms with E-state index in [0.717, 1.165) is 25.2 Å². The lowest BCUT2D eigenvalue weighted by molar-refractivity contribution is 0.204. The number of likely N-dealkylation sites (tertiary alicyclic amines) is 1. The molecular weight excluding hydrogens is 318 g/mol. The molecule has 4 heterocycles. The number of hydrogen-bond acceptors (Lipinski definition) is 6. The summed E-state index contributed by atoms with van der Waals surface area (Å²) in [7, 11) is 2.05. The Morgan fingerprint density at radius 3 is 2.92 bits per heavy atom. The molecule has 7 heteroatoms. The summed E-state index contributed by atoms with van der Waals surface area (Å²) in [6.07, 6.45) is 5.48. The lowest BCUT2D eigenvalue weighted by Gasteiger charge is -2.15. The Labute approximate surface area is 145 Å². The molecule has 0 aliphatic carbocycles. The van der Waals surface area contributed by atoms with Crippen LogP contribution in [0, 0.1) is 5.92 Å². The van der Waals surface area contributed by atoms with Gasteiger partial charge in [-0.15, -0.1) is 0 Å². The summed E-state index contributed by atoms with van der Waals surface area (Å²) >= 11 is 0. The lowest BCUT2D eigenvalue weighted by atomic mass is 9.97. The number of aliphatic hydroxyl groups is 1. The van der Waals surface area contributed by atoms with Crippen LogP contribution in [0.5, 0.6) is 0 Å². The van der Waals surface area contributed by atoms with Crippen molar-refractivity contribution < 1.29 is 9.63 Å². The van der Waals surface area contributed by atoms with E-state index in [4.69, 9.17) is 4.52 Å². The Bertz CT molecular complexity index is 829. The maximum absolute atomic E-state index is 9.79. The van der Waals surface area contributed by atoms with E-state index in [1.807, 2.05) is 31.4 Å². The zero-order chi connectivity index (χ0) is 17.2. The van der Waals surface area contributed by atoms with Gasteiger partial charge in [-0.25, -0.2) is 0 Å². The van der Waals surface area contributed by atoms with Crippen LogP contribution in [-0.4, -0.2) is 49.4 Å². The number of hydrogen-bond donors (Lipinski definition) is 1. The molecule has 25 heavy (non-hydrogen) atoms. The molecule has 4 rings (SSSR count). The van der Waals surface area contributed by atoms with E-state index in [2.05, 4.69) is 30.7 Å². The minimum Gasteiger partial charge on any atom is -0.396 e. The number of pyridine rings is 1. The third-order valence-electron chi connectivity index (χ3n) is 4.87. The van der Waals surface area contributed by atoms with Crippen molar-refractivity contribution in [3.63, 3.8) is 0 Å². The number of aromatic nitrogens is 4. The number of nitrogens with zero attached hydrogens (tertiary/aromatic N) is 5. The molecule has 3 aromatic heterocycles. The zero-order valence-electron chi connectivity index (χ0n) is 14.1.